The Morgan fingerprint density at radius 3 is 2.57 bits per heavy atom. The molecule has 158 valence electrons. The molecule has 6 aliphatic rings. The zero-order chi connectivity index (χ0) is 19.2. The fraction of sp³-hybridized carbons (Fsp3) is 1.00. The normalized spacial score (nSPS) is 60.8. The van der Waals surface area contributed by atoms with Crippen LogP contribution in [0.1, 0.15) is 71.6 Å². The predicted molar refractivity (Wildman–Crippen MR) is 102 cm³/mol. The standard InChI is InChI=1S/C23H36O5/c1-20-9-4-3-5-15(20)6-7-16-17-8-10-22(21(17,2)11-18(24)19(16)20)23(28-14-26-22)12-25-13-27-23/h15-19,24H,3-14H2,1-2H3/t15-,16+,17+,18+,19-,20+,21+,22-,23?/m1/s1. The van der Waals surface area contributed by atoms with Gasteiger partial charge in [-0.25, -0.2) is 0 Å². The molecular formula is C23H36O5. The van der Waals surface area contributed by atoms with Gasteiger partial charge in [0.1, 0.15) is 12.2 Å². The Kier molecular flexibility index (Phi) is 3.94. The third-order valence-electron chi connectivity index (χ3n) is 10.5. The van der Waals surface area contributed by atoms with Crippen molar-refractivity contribution >= 4 is 0 Å². The van der Waals surface area contributed by atoms with Gasteiger partial charge >= 0.3 is 0 Å². The highest BCUT2D eigenvalue weighted by atomic mass is 16.9. The average Bonchev–Trinajstić information content (AvgIpc) is 3.36. The Bertz CT molecular complexity index is 641. The molecule has 1 unspecified atom stereocenters. The molecule has 28 heavy (non-hydrogen) atoms. The molecule has 6 rings (SSSR count). The quantitative estimate of drug-likeness (QED) is 0.679. The first-order valence-electron chi connectivity index (χ1n) is 11.6. The fourth-order valence-corrected chi connectivity index (χ4v) is 9.39. The van der Waals surface area contributed by atoms with Crippen LogP contribution in [-0.2, 0) is 18.9 Å². The molecule has 6 fully saturated rings. The summed E-state index contributed by atoms with van der Waals surface area (Å²) in [7, 11) is 0. The maximum absolute atomic E-state index is 11.6. The summed E-state index contributed by atoms with van der Waals surface area (Å²) in [5, 5.41) is 11.6. The van der Waals surface area contributed by atoms with Gasteiger partial charge in [-0.05, 0) is 74.0 Å². The van der Waals surface area contributed by atoms with Gasteiger partial charge in [-0.1, -0.05) is 26.7 Å². The number of hydrogen-bond acceptors (Lipinski definition) is 5. The highest BCUT2D eigenvalue weighted by Gasteiger charge is 2.76. The van der Waals surface area contributed by atoms with Crippen LogP contribution in [-0.4, -0.2) is 42.8 Å². The lowest BCUT2D eigenvalue weighted by Gasteiger charge is -2.63. The molecule has 4 aliphatic carbocycles. The SMILES string of the molecule is C[C@]12CCCC[C@@H]1CC[C@@H]1[C@@H]2[C@@H](O)C[C@@]2(C)[C@H]1CC[C@@]21OCOC12COCO2. The Balaban J connectivity index is 1.39. The van der Waals surface area contributed by atoms with Gasteiger partial charge in [0.15, 0.2) is 13.6 Å². The van der Waals surface area contributed by atoms with Crippen molar-refractivity contribution in [3.8, 4) is 0 Å². The second kappa shape index (κ2) is 5.94. The lowest BCUT2D eigenvalue weighted by atomic mass is 9.43. The van der Waals surface area contributed by atoms with Crippen LogP contribution in [0.2, 0.25) is 0 Å². The van der Waals surface area contributed by atoms with E-state index in [1.165, 1.54) is 38.5 Å². The second-order valence-electron chi connectivity index (χ2n) is 11.1. The Morgan fingerprint density at radius 2 is 1.75 bits per heavy atom. The van der Waals surface area contributed by atoms with Crippen molar-refractivity contribution in [2.45, 2.75) is 89.1 Å². The second-order valence-corrected chi connectivity index (χ2v) is 11.1. The van der Waals surface area contributed by atoms with Crippen LogP contribution in [0.15, 0.2) is 0 Å². The predicted octanol–water partition coefficient (Wildman–Crippen LogP) is 3.83. The molecule has 2 aliphatic heterocycles. The van der Waals surface area contributed by atoms with Gasteiger partial charge in [0, 0.05) is 5.41 Å². The van der Waals surface area contributed by atoms with Crippen LogP contribution in [0.4, 0.5) is 0 Å². The van der Waals surface area contributed by atoms with Gasteiger partial charge in [0.05, 0.1) is 6.10 Å². The van der Waals surface area contributed by atoms with Crippen molar-refractivity contribution in [3.63, 3.8) is 0 Å². The topological polar surface area (TPSA) is 57.2 Å². The van der Waals surface area contributed by atoms with E-state index in [-0.39, 0.29) is 25.1 Å². The molecule has 2 heterocycles. The van der Waals surface area contributed by atoms with E-state index >= 15 is 0 Å². The lowest BCUT2D eigenvalue weighted by Crippen LogP contribution is -2.66. The molecule has 2 spiro atoms. The molecule has 0 aromatic heterocycles. The van der Waals surface area contributed by atoms with Gasteiger partial charge in [-0.2, -0.15) is 0 Å². The zero-order valence-electron chi connectivity index (χ0n) is 17.5. The molecule has 4 saturated carbocycles. The zero-order valence-corrected chi connectivity index (χ0v) is 17.5. The molecule has 2 saturated heterocycles. The molecule has 0 aromatic carbocycles. The molecule has 9 atom stereocenters. The summed E-state index contributed by atoms with van der Waals surface area (Å²) in [5.74, 6) is 1.63. The van der Waals surface area contributed by atoms with E-state index in [0.29, 0.717) is 29.8 Å². The van der Waals surface area contributed by atoms with Crippen molar-refractivity contribution in [1.82, 2.24) is 0 Å². The summed E-state index contributed by atoms with van der Waals surface area (Å²) >= 11 is 0. The smallest absolute Gasteiger partial charge is 0.226 e. The minimum Gasteiger partial charge on any atom is -0.393 e. The third kappa shape index (κ3) is 2.01. The molecule has 0 aromatic rings. The minimum absolute atomic E-state index is 0.129. The largest absolute Gasteiger partial charge is 0.393 e. The summed E-state index contributed by atoms with van der Waals surface area (Å²) in [6.45, 7) is 5.86. The van der Waals surface area contributed by atoms with Gasteiger partial charge in [0.2, 0.25) is 5.79 Å². The summed E-state index contributed by atoms with van der Waals surface area (Å²) in [4.78, 5) is 0. The number of fused-ring (bicyclic) bond motifs is 7. The lowest BCUT2D eigenvalue weighted by molar-refractivity contribution is -0.262. The van der Waals surface area contributed by atoms with E-state index in [2.05, 4.69) is 13.8 Å². The van der Waals surface area contributed by atoms with Gasteiger partial charge in [0.25, 0.3) is 0 Å². The fourth-order valence-electron chi connectivity index (χ4n) is 9.39. The van der Waals surface area contributed by atoms with E-state index in [1.54, 1.807) is 0 Å². The Hall–Kier alpha value is -0.200. The highest BCUT2D eigenvalue weighted by Crippen LogP contribution is 2.71. The maximum Gasteiger partial charge on any atom is 0.226 e. The summed E-state index contributed by atoms with van der Waals surface area (Å²) in [6.07, 6.45) is 10.6. The number of ether oxygens (including phenoxy) is 4. The molecule has 0 bridgehead atoms. The van der Waals surface area contributed by atoms with Crippen LogP contribution >= 0.6 is 0 Å². The molecule has 1 N–H and O–H groups in total. The average molecular weight is 393 g/mol. The van der Waals surface area contributed by atoms with Crippen molar-refractivity contribution in [3.05, 3.63) is 0 Å². The molecule has 5 heteroatoms. The maximum atomic E-state index is 11.6. The molecule has 5 nitrogen and oxygen atoms in total. The number of aliphatic hydroxyl groups is 1. The van der Waals surface area contributed by atoms with Gasteiger partial charge in [-0.3, -0.25) is 0 Å². The van der Waals surface area contributed by atoms with Gasteiger partial charge < -0.3 is 24.1 Å². The Morgan fingerprint density at radius 1 is 0.893 bits per heavy atom. The van der Waals surface area contributed by atoms with Crippen LogP contribution in [0, 0.1) is 34.5 Å². The van der Waals surface area contributed by atoms with Crippen LogP contribution in [0.25, 0.3) is 0 Å². The summed E-state index contributed by atoms with van der Waals surface area (Å²) < 4.78 is 24.2. The summed E-state index contributed by atoms with van der Waals surface area (Å²) in [5.41, 5.74) is -0.303. The molecule has 0 radical (unpaired) electrons. The van der Waals surface area contributed by atoms with Crippen molar-refractivity contribution in [1.29, 1.82) is 0 Å². The summed E-state index contributed by atoms with van der Waals surface area (Å²) in [6, 6.07) is 0. The number of rotatable bonds is 0. The van der Waals surface area contributed by atoms with Crippen LogP contribution < -0.4 is 0 Å². The monoisotopic (exact) mass is 392 g/mol. The van der Waals surface area contributed by atoms with E-state index in [4.69, 9.17) is 18.9 Å². The first kappa shape index (κ1) is 18.6. The number of aliphatic hydroxyl groups excluding tert-OH is 1. The third-order valence-corrected chi connectivity index (χ3v) is 10.5. The van der Waals surface area contributed by atoms with Crippen molar-refractivity contribution < 1.29 is 24.1 Å². The van der Waals surface area contributed by atoms with E-state index in [9.17, 15) is 5.11 Å². The number of hydrogen-bond donors (Lipinski definition) is 1. The van der Waals surface area contributed by atoms with Crippen LogP contribution in [0.5, 0.6) is 0 Å². The van der Waals surface area contributed by atoms with Crippen molar-refractivity contribution in [2.75, 3.05) is 20.2 Å². The Labute approximate surface area is 168 Å². The van der Waals surface area contributed by atoms with E-state index in [0.717, 1.165) is 25.2 Å². The first-order valence-corrected chi connectivity index (χ1v) is 11.6. The highest BCUT2D eigenvalue weighted by molar-refractivity contribution is 5.21. The first-order chi connectivity index (χ1) is 13.5. The van der Waals surface area contributed by atoms with Gasteiger partial charge in [-0.15, -0.1) is 0 Å². The van der Waals surface area contributed by atoms with Crippen molar-refractivity contribution in [2.24, 2.45) is 34.5 Å². The molecule has 0 amide bonds. The van der Waals surface area contributed by atoms with E-state index in [1.807, 2.05) is 0 Å². The minimum atomic E-state index is -0.783. The van der Waals surface area contributed by atoms with E-state index < -0.39 is 11.4 Å². The molecular weight excluding hydrogens is 356 g/mol. The van der Waals surface area contributed by atoms with Crippen LogP contribution in [0.3, 0.4) is 0 Å².